The molecule has 5 amide bonds. The van der Waals surface area contributed by atoms with Gasteiger partial charge in [-0.15, -0.1) is 0 Å². The molecule has 2 rings (SSSR count). The van der Waals surface area contributed by atoms with Crippen LogP contribution in [0.1, 0.15) is 114 Å². The van der Waals surface area contributed by atoms with Crippen LogP contribution in [0.4, 0.5) is 0 Å². The predicted molar refractivity (Wildman–Crippen MR) is 248 cm³/mol. The van der Waals surface area contributed by atoms with Gasteiger partial charge >= 0.3 is 0 Å². The molecule has 1 fully saturated rings. The van der Waals surface area contributed by atoms with Gasteiger partial charge in [0.2, 0.25) is 29.5 Å². The minimum atomic E-state index is -0.889. The van der Waals surface area contributed by atoms with Crippen molar-refractivity contribution in [3.63, 3.8) is 0 Å². The van der Waals surface area contributed by atoms with Gasteiger partial charge < -0.3 is 45.7 Å². The molecule has 360 valence electrons. The number of carbonyl (C=O) groups excluding carboxylic acids is 5. The quantitative estimate of drug-likeness (QED) is 0.0976. The van der Waals surface area contributed by atoms with Crippen molar-refractivity contribution in [2.45, 2.75) is 168 Å². The predicted octanol–water partition coefficient (Wildman–Crippen LogP) is 4.36. The fourth-order valence-electron chi connectivity index (χ4n) is 8.83. The van der Waals surface area contributed by atoms with Gasteiger partial charge in [0.15, 0.2) is 0 Å². The number of likely N-dealkylation sites (tertiary alicyclic amines) is 1. The van der Waals surface area contributed by atoms with Crippen molar-refractivity contribution in [3.05, 3.63) is 35.9 Å². The Bertz CT molecular complexity index is 1590. The van der Waals surface area contributed by atoms with Gasteiger partial charge in [-0.3, -0.25) is 28.9 Å². The van der Waals surface area contributed by atoms with Crippen LogP contribution in [-0.4, -0.2) is 146 Å². The number of hydrogen-bond donors (Lipinski definition) is 4. The van der Waals surface area contributed by atoms with Crippen LogP contribution in [0, 0.1) is 23.7 Å². The summed E-state index contributed by atoms with van der Waals surface area (Å²) in [6, 6.07) is 6.54. The Labute approximate surface area is 379 Å². The lowest BCUT2D eigenvalue weighted by Crippen LogP contribution is -2.59. The van der Waals surface area contributed by atoms with Crippen molar-refractivity contribution < 1.29 is 38.2 Å². The van der Waals surface area contributed by atoms with Crippen molar-refractivity contribution in [1.82, 2.24) is 30.7 Å². The summed E-state index contributed by atoms with van der Waals surface area (Å²) in [4.78, 5) is 75.7. The summed E-state index contributed by atoms with van der Waals surface area (Å²) >= 11 is 0. The van der Waals surface area contributed by atoms with Crippen LogP contribution in [0.5, 0.6) is 0 Å². The number of nitrogens with zero attached hydrogens (tertiary/aromatic N) is 3. The van der Waals surface area contributed by atoms with E-state index in [9.17, 15) is 24.0 Å². The van der Waals surface area contributed by atoms with Crippen LogP contribution in [0.15, 0.2) is 30.3 Å². The van der Waals surface area contributed by atoms with E-state index in [1.54, 1.807) is 51.8 Å². The smallest absolute Gasteiger partial charge is 0.245 e. The van der Waals surface area contributed by atoms with E-state index >= 15 is 0 Å². The molecule has 0 aliphatic carbocycles. The second-order valence-electron chi connectivity index (χ2n) is 19.8. The number of carbonyl (C=O) groups is 5. The zero-order valence-electron chi connectivity index (χ0n) is 41.6. The first-order valence-corrected chi connectivity index (χ1v) is 23.0. The SMILES string of the molecule is CC[C@H](C)C(C(CC(=O)N1CCC[C@H]1[C@H](OC)[C@@H](C)C(=O)N[C@@H](Cc1ccccc1)C(=O)NC(C)(C)CCOC(C)(C)N)OC)N(C)C(=O)[C@@H](NC(=O)[C@H](C(C)C)N(C)C)C(C)C. The summed E-state index contributed by atoms with van der Waals surface area (Å²) in [6.07, 6.45) is 1.49. The standard InChI is InChI=1S/C48H85N7O8/c1-17-32(6)41(54(14)46(60)39(30(2)3)51-45(59)40(31(4)5)53(12)13)37(61-15)29-38(56)55-26-21-24-36(55)42(62-16)33(7)43(57)50-35(28-34-22-19-18-20-23-34)44(58)52-47(8,9)25-27-63-48(10,11)49/h18-20,22-23,30-33,35-37,39-42H,17,21,24-29,49H2,1-16H3,(H,50,57)(H,51,59)(H,52,58)/t32-,33+,35-,36-,37?,39-,40-,41?,42+/m0/s1. The van der Waals surface area contributed by atoms with Crippen molar-refractivity contribution in [1.29, 1.82) is 0 Å². The molecular formula is C48H85N7O8. The minimum Gasteiger partial charge on any atom is -0.379 e. The summed E-state index contributed by atoms with van der Waals surface area (Å²) in [7, 11) is 8.53. The highest BCUT2D eigenvalue weighted by Crippen LogP contribution is 2.30. The zero-order valence-corrected chi connectivity index (χ0v) is 41.6. The first-order valence-electron chi connectivity index (χ1n) is 23.0. The fourth-order valence-corrected chi connectivity index (χ4v) is 8.83. The molecule has 2 unspecified atom stereocenters. The van der Waals surface area contributed by atoms with Crippen LogP contribution in [0.3, 0.4) is 0 Å². The Morgan fingerprint density at radius 2 is 1.49 bits per heavy atom. The van der Waals surface area contributed by atoms with Crippen LogP contribution in [0.25, 0.3) is 0 Å². The van der Waals surface area contributed by atoms with E-state index in [-0.39, 0.29) is 60.1 Å². The number of ether oxygens (including phenoxy) is 3. The van der Waals surface area contributed by atoms with Crippen LogP contribution in [0.2, 0.25) is 0 Å². The molecule has 5 N–H and O–H groups in total. The van der Waals surface area contributed by atoms with E-state index in [1.165, 1.54) is 0 Å². The number of rotatable bonds is 26. The average molecular weight is 888 g/mol. The Hall–Kier alpha value is -3.63. The molecule has 0 spiro atoms. The molecule has 15 nitrogen and oxygen atoms in total. The molecule has 1 aromatic rings. The van der Waals surface area contributed by atoms with E-state index in [2.05, 4.69) is 16.0 Å². The van der Waals surface area contributed by atoms with Gasteiger partial charge in [-0.25, -0.2) is 0 Å². The largest absolute Gasteiger partial charge is 0.379 e. The third kappa shape index (κ3) is 16.7. The summed E-state index contributed by atoms with van der Waals surface area (Å²) in [5.74, 6) is -2.26. The van der Waals surface area contributed by atoms with Gasteiger partial charge in [0.05, 0.1) is 49.3 Å². The molecule has 15 heteroatoms. The number of methoxy groups -OCH3 is 2. The Morgan fingerprint density at radius 1 is 0.873 bits per heavy atom. The van der Waals surface area contributed by atoms with Gasteiger partial charge in [-0.05, 0) is 84.4 Å². The van der Waals surface area contributed by atoms with Gasteiger partial charge in [0, 0.05) is 39.8 Å². The monoisotopic (exact) mass is 888 g/mol. The van der Waals surface area contributed by atoms with Gasteiger partial charge in [0.25, 0.3) is 0 Å². The summed E-state index contributed by atoms with van der Waals surface area (Å²) in [5.41, 5.74) is 5.42. The number of nitrogens with two attached hydrogens (primary N) is 1. The number of hydrogen-bond acceptors (Lipinski definition) is 10. The first-order chi connectivity index (χ1) is 29.3. The van der Waals surface area contributed by atoms with Gasteiger partial charge in [0.1, 0.15) is 17.8 Å². The number of likely N-dealkylation sites (N-methyl/N-ethyl adjacent to an activating group) is 2. The van der Waals surface area contributed by atoms with E-state index in [0.29, 0.717) is 32.4 Å². The Morgan fingerprint density at radius 3 is 2.00 bits per heavy atom. The first kappa shape index (κ1) is 55.5. The summed E-state index contributed by atoms with van der Waals surface area (Å²) < 4.78 is 17.8. The molecule has 0 saturated carbocycles. The Balaban J connectivity index is 2.32. The van der Waals surface area contributed by atoms with Crippen molar-refractivity contribution >= 4 is 29.5 Å². The van der Waals surface area contributed by atoms with E-state index in [1.807, 2.05) is 105 Å². The van der Waals surface area contributed by atoms with E-state index in [4.69, 9.17) is 19.9 Å². The third-order valence-electron chi connectivity index (χ3n) is 12.5. The highest BCUT2D eigenvalue weighted by molar-refractivity contribution is 5.91. The normalized spacial score (nSPS) is 18.6. The zero-order chi connectivity index (χ0) is 48.0. The van der Waals surface area contributed by atoms with Crippen molar-refractivity contribution in [2.75, 3.05) is 48.5 Å². The molecule has 0 bridgehead atoms. The number of amides is 5. The second kappa shape index (κ2) is 25.2. The lowest BCUT2D eigenvalue weighted by Gasteiger charge is -2.41. The lowest BCUT2D eigenvalue weighted by atomic mass is 9.89. The maximum atomic E-state index is 14.4. The second-order valence-corrected chi connectivity index (χ2v) is 19.8. The molecule has 0 aromatic heterocycles. The maximum absolute atomic E-state index is 14.4. The van der Waals surface area contributed by atoms with Gasteiger partial charge in [-0.2, -0.15) is 0 Å². The van der Waals surface area contributed by atoms with Crippen molar-refractivity contribution in [3.8, 4) is 0 Å². The topological polar surface area (TPSA) is 185 Å². The maximum Gasteiger partial charge on any atom is 0.245 e. The van der Waals surface area contributed by atoms with E-state index in [0.717, 1.165) is 12.0 Å². The highest BCUT2D eigenvalue weighted by Gasteiger charge is 2.44. The molecule has 9 atom stereocenters. The molecule has 63 heavy (non-hydrogen) atoms. The number of nitrogens with one attached hydrogen (secondary N) is 3. The van der Waals surface area contributed by atoms with Crippen molar-refractivity contribution in [2.24, 2.45) is 29.4 Å². The van der Waals surface area contributed by atoms with Gasteiger partial charge in [-0.1, -0.05) is 85.2 Å². The fraction of sp³-hybridized carbons (Fsp3) is 0.771. The van der Waals surface area contributed by atoms with Crippen LogP contribution >= 0.6 is 0 Å². The molecule has 1 aromatic carbocycles. The highest BCUT2D eigenvalue weighted by atomic mass is 16.5. The average Bonchev–Trinajstić information content (AvgIpc) is 3.68. The molecule has 1 aliphatic heterocycles. The minimum absolute atomic E-state index is 0.00564. The van der Waals surface area contributed by atoms with Crippen LogP contribution in [-0.2, 0) is 44.6 Å². The lowest BCUT2D eigenvalue weighted by molar-refractivity contribution is -0.148. The summed E-state index contributed by atoms with van der Waals surface area (Å²) in [5, 5.41) is 9.17. The summed E-state index contributed by atoms with van der Waals surface area (Å²) in [6.45, 7) is 21.8. The molecule has 0 radical (unpaired) electrons. The number of benzene rings is 1. The van der Waals surface area contributed by atoms with E-state index < -0.39 is 59.6 Å². The molecule has 1 heterocycles. The van der Waals surface area contributed by atoms with Crippen LogP contribution < -0.4 is 21.7 Å². The Kier molecular flexibility index (Phi) is 22.2. The molecule has 1 saturated heterocycles. The molecular weight excluding hydrogens is 803 g/mol. The molecule has 1 aliphatic rings. The third-order valence-corrected chi connectivity index (χ3v) is 12.5.